The van der Waals surface area contributed by atoms with Crippen molar-refractivity contribution in [3.05, 3.63) is 22.3 Å². The van der Waals surface area contributed by atoms with Crippen molar-refractivity contribution < 1.29 is 9.53 Å². The van der Waals surface area contributed by atoms with Gasteiger partial charge in [0.1, 0.15) is 10.3 Å². The van der Waals surface area contributed by atoms with E-state index in [0.717, 1.165) is 10.0 Å². The summed E-state index contributed by atoms with van der Waals surface area (Å²) in [5, 5.41) is 0. The maximum atomic E-state index is 11.7. The van der Waals surface area contributed by atoms with Crippen LogP contribution in [0.25, 0.3) is 0 Å². The first-order chi connectivity index (χ1) is 9.44. The predicted octanol–water partition coefficient (Wildman–Crippen LogP) is 1.96. The highest BCUT2D eigenvalue weighted by Gasteiger charge is 2.69. The van der Waals surface area contributed by atoms with Crippen molar-refractivity contribution >= 4 is 39.1 Å². The third-order valence-corrected chi connectivity index (χ3v) is 5.70. The Morgan fingerprint density at radius 2 is 2.45 bits per heavy atom. The molecule has 0 saturated heterocycles. The molecule has 0 aromatic carbocycles. The summed E-state index contributed by atoms with van der Waals surface area (Å²) in [5.74, 6) is 0.255. The van der Waals surface area contributed by atoms with E-state index in [1.807, 2.05) is 13.0 Å². The second kappa shape index (κ2) is 4.46. The topological polar surface area (TPSA) is 77.6 Å². The molecule has 0 spiro atoms. The molecule has 5 nitrogen and oxygen atoms in total. The molecule has 1 aliphatic carbocycles. The number of methoxy groups -OCH3 is 1. The molecule has 105 valence electrons. The number of hydrogen-bond donors (Lipinski definition) is 1. The van der Waals surface area contributed by atoms with Gasteiger partial charge in [-0.15, -0.1) is 0 Å². The van der Waals surface area contributed by atoms with Crippen LogP contribution in [0.1, 0.15) is 18.9 Å². The SMILES string of the molecule is COc1ncc(Br)cc1[C@@]1(C)N=[C]S[C@@]2(C(N)=O)C[C@H]21. The number of rotatable bonds is 3. The molecule has 7 heteroatoms. The second-order valence-corrected chi connectivity index (χ2v) is 7.20. The van der Waals surface area contributed by atoms with Crippen molar-refractivity contribution in [3.63, 3.8) is 0 Å². The minimum Gasteiger partial charge on any atom is -0.481 e. The van der Waals surface area contributed by atoms with Gasteiger partial charge < -0.3 is 10.5 Å². The Morgan fingerprint density at radius 1 is 1.70 bits per heavy atom. The Hall–Kier alpha value is -1.08. The Bertz CT molecular complexity index is 624. The first-order valence-corrected chi connectivity index (χ1v) is 7.70. The van der Waals surface area contributed by atoms with E-state index in [9.17, 15) is 4.79 Å². The van der Waals surface area contributed by atoms with E-state index in [4.69, 9.17) is 10.5 Å². The van der Waals surface area contributed by atoms with Gasteiger partial charge in [-0.3, -0.25) is 9.79 Å². The number of hydrogen-bond acceptors (Lipinski definition) is 5. The number of aromatic nitrogens is 1. The van der Waals surface area contributed by atoms with Crippen molar-refractivity contribution in [2.75, 3.05) is 7.11 Å². The van der Waals surface area contributed by atoms with Gasteiger partial charge in [0.25, 0.3) is 0 Å². The van der Waals surface area contributed by atoms with E-state index in [-0.39, 0.29) is 11.8 Å². The van der Waals surface area contributed by atoms with E-state index in [2.05, 4.69) is 31.5 Å². The molecule has 1 amide bonds. The zero-order valence-corrected chi connectivity index (χ0v) is 13.4. The van der Waals surface area contributed by atoms with Crippen LogP contribution in [0.4, 0.5) is 0 Å². The third-order valence-electron chi connectivity index (χ3n) is 4.07. The number of aliphatic imine (C=N–C) groups is 1. The number of fused-ring (bicyclic) bond motifs is 1. The summed E-state index contributed by atoms with van der Waals surface area (Å²) < 4.78 is 5.60. The van der Waals surface area contributed by atoms with Gasteiger partial charge in [-0.2, -0.15) is 0 Å². The molecule has 3 rings (SSSR count). The minimum absolute atomic E-state index is 0.0451. The van der Waals surface area contributed by atoms with Crippen LogP contribution in [-0.2, 0) is 10.3 Å². The molecule has 20 heavy (non-hydrogen) atoms. The van der Waals surface area contributed by atoms with Crippen molar-refractivity contribution in [1.82, 2.24) is 4.98 Å². The highest BCUT2D eigenvalue weighted by atomic mass is 79.9. The number of nitrogens with two attached hydrogens (primary N) is 1. The molecular weight excluding hydrogens is 342 g/mol. The smallest absolute Gasteiger partial charge is 0.234 e. The van der Waals surface area contributed by atoms with Gasteiger partial charge in [0, 0.05) is 22.2 Å². The third kappa shape index (κ3) is 1.79. The van der Waals surface area contributed by atoms with Crippen LogP contribution in [0.15, 0.2) is 21.7 Å². The molecule has 1 aromatic rings. The summed E-state index contributed by atoms with van der Waals surface area (Å²) in [4.78, 5) is 20.5. The lowest BCUT2D eigenvalue weighted by Gasteiger charge is -2.31. The van der Waals surface area contributed by atoms with E-state index < -0.39 is 10.3 Å². The van der Waals surface area contributed by atoms with Gasteiger partial charge >= 0.3 is 0 Å². The van der Waals surface area contributed by atoms with Crippen LogP contribution in [0.3, 0.4) is 0 Å². The Labute approximate surface area is 129 Å². The monoisotopic (exact) mass is 354 g/mol. The van der Waals surface area contributed by atoms with Gasteiger partial charge in [-0.25, -0.2) is 4.98 Å². The standard InChI is InChI=1S/C13H13BrN3O2S/c1-12(8-3-7(14)5-16-10(8)19-2)9-4-13(9,11(15)18)20-6-17-12/h3,5,9H,4H2,1-2H3,(H2,15,18)/t9-,12+,13-/m0/s1. The summed E-state index contributed by atoms with van der Waals surface area (Å²) in [6, 6.07) is 1.93. The number of halogens is 1. The van der Waals surface area contributed by atoms with Gasteiger partial charge in [0.05, 0.1) is 12.6 Å². The molecular formula is C13H13BrN3O2S. The van der Waals surface area contributed by atoms with Crippen LogP contribution in [0, 0.1) is 5.92 Å². The highest BCUT2D eigenvalue weighted by molar-refractivity contribution is 9.10. The van der Waals surface area contributed by atoms with Gasteiger partial charge in [0.15, 0.2) is 0 Å². The summed E-state index contributed by atoms with van der Waals surface area (Å²) in [6.45, 7) is 1.97. The molecule has 2 N–H and O–H groups in total. The van der Waals surface area contributed by atoms with Crippen LogP contribution < -0.4 is 10.5 Å². The number of carbonyl (C=O) groups excluding carboxylic acids is 1. The largest absolute Gasteiger partial charge is 0.481 e. The molecule has 2 aliphatic rings. The predicted molar refractivity (Wildman–Crippen MR) is 80.9 cm³/mol. The molecule has 1 aromatic heterocycles. The van der Waals surface area contributed by atoms with Gasteiger partial charge in [0.2, 0.25) is 11.8 Å². The second-order valence-electron chi connectivity index (χ2n) is 5.17. The number of thioether (sulfide) groups is 1. The number of pyridine rings is 1. The number of ether oxygens (including phenoxy) is 1. The molecule has 1 fully saturated rings. The minimum atomic E-state index is -0.595. The maximum Gasteiger partial charge on any atom is 0.234 e. The van der Waals surface area contributed by atoms with Crippen LogP contribution in [0.2, 0.25) is 0 Å². The van der Waals surface area contributed by atoms with Crippen molar-refractivity contribution in [1.29, 1.82) is 0 Å². The number of amides is 1. The van der Waals surface area contributed by atoms with E-state index >= 15 is 0 Å². The Kier molecular flexibility index (Phi) is 3.10. The van der Waals surface area contributed by atoms with Crippen LogP contribution >= 0.6 is 27.7 Å². The molecule has 1 aliphatic heterocycles. The lowest BCUT2D eigenvalue weighted by atomic mass is 9.86. The van der Waals surface area contributed by atoms with Crippen molar-refractivity contribution in [3.8, 4) is 5.88 Å². The Morgan fingerprint density at radius 3 is 3.10 bits per heavy atom. The molecule has 1 saturated carbocycles. The lowest BCUT2D eigenvalue weighted by Crippen LogP contribution is -2.38. The normalized spacial score (nSPS) is 34.5. The zero-order valence-electron chi connectivity index (χ0n) is 11.0. The van der Waals surface area contributed by atoms with Gasteiger partial charge in [-0.1, -0.05) is 11.8 Å². The molecule has 3 atom stereocenters. The summed E-state index contributed by atoms with van der Waals surface area (Å²) in [5.41, 5.74) is 8.69. The average Bonchev–Trinajstić information content (AvgIpc) is 3.17. The van der Waals surface area contributed by atoms with Crippen LogP contribution in [-0.4, -0.2) is 28.3 Å². The molecule has 2 heterocycles. The average molecular weight is 355 g/mol. The summed E-state index contributed by atoms with van der Waals surface area (Å²) in [6.07, 6.45) is 2.38. The number of primary amides is 1. The lowest BCUT2D eigenvalue weighted by molar-refractivity contribution is -0.118. The van der Waals surface area contributed by atoms with Crippen molar-refractivity contribution in [2.45, 2.75) is 23.6 Å². The molecule has 1 radical (unpaired) electrons. The highest BCUT2D eigenvalue weighted by Crippen LogP contribution is 2.65. The fraction of sp³-hybridized carbons (Fsp3) is 0.462. The maximum absolute atomic E-state index is 11.7. The summed E-state index contributed by atoms with van der Waals surface area (Å²) >= 11 is 4.71. The van der Waals surface area contributed by atoms with Crippen molar-refractivity contribution in [2.24, 2.45) is 16.6 Å². The fourth-order valence-electron chi connectivity index (χ4n) is 2.81. The number of nitrogens with zero attached hydrogens (tertiary/aromatic N) is 2. The van der Waals surface area contributed by atoms with Crippen LogP contribution in [0.5, 0.6) is 5.88 Å². The first-order valence-electron chi connectivity index (χ1n) is 6.09. The molecule has 0 unspecified atom stereocenters. The quantitative estimate of drug-likeness (QED) is 0.899. The van der Waals surface area contributed by atoms with Gasteiger partial charge in [-0.05, 0) is 35.3 Å². The first kappa shape index (κ1) is 13.9. The molecule has 0 bridgehead atoms. The van der Waals surface area contributed by atoms with E-state index in [1.54, 1.807) is 13.3 Å². The van der Waals surface area contributed by atoms with E-state index in [0.29, 0.717) is 12.3 Å². The van der Waals surface area contributed by atoms with E-state index in [1.165, 1.54) is 11.8 Å². The fourth-order valence-corrected chi connectivity index (χ4v) is 4.26. The Balaban J connectivity index is 2.10. The summed E-state index contributed by atoms with van der Waals surface area (Å²) in [7, 11) is 1.57. The number of carbonyl (C=O) groups is 1. The zero-order chi connectivity index (χ0) is 14.5.